The van der Waals surface area contributed by atoms with Crippen LogP contribution < -0.4 is 34.7 Å². The number of β-lactam (4-membered cyclic amide) rings is 1. The van der Waals surface area contributed by atoms with Gasteiger partial charge >= 0.3 is 35.7 Å². The van der Waals surface area contributed by atoms with Crippen molar-refractivity contribution in [1.29, 1.82) is 0 Å². The van der Waals surface area contributed by atoms with Crippen molar-refractivity contribution in [3.8, 4) is 0 Å². The first-order valence-electron chi connectivity index (χ1n) is 8.65. The van der Waals surface area contributed by atoms with E-state index in [1.165, 1.54) is 4.90 Å². The second kappa shape index (κ2) is 9.42. The molecule has 0 aliphatic carbocycles. The van der Waals surface area contributed by atoms with Crippen molar-refractivity contribution in [2.24, 2.45) is 5.92 Å². The molecule has 1 aromatic carbocycles. The molecule has 1 aromatic rings. The zero-order chi connectivity index (χ0) is 20.6. The number of hydrogen-bond donors (Lipinski definition) is 0. The van der Waals surface area contributed by atoms with Crippen molar-refractivity contribution in [2.45, 2.75) is 32.4 Å². The number of halogens is 1. The third-order valence-electron chi connectivity index (χ3n) is 4.86. The number of ether oxygens (including phenoxy) is 2. The molecule has 3 atom stereocenters. The minimum Gasteiger partial charge on any atom is -0.543 e. The van der Waals surface area contributed by atoms with Gasteiger partial charge in [0.15, 0.2) is 0 Å². The second-order valence-electron chi connectivity index (χ2n) is 6.52. The third-order valence-corrected chi connectivity index (χ3v) is 5.31. The fourth-order valence-corrected chi connectivity index (χ4v) is 4.24. The average molecular weight is 474 g/mol. The summed E-state index contributed by atoms with van der Waals surface area (Å²) in [6.45, 7) is 3.34. The summed E-state index contributed by atoms with van der Waals surface area (Å²) in [6.07, 6.45) is -0.760. The van der Waals surface area contributed by atoms with Gasteiger partial charge in [0.05, 0.1) is 30.2 Å². The van der Waals surface area contributed by atoms with Crippen molar-refractivity contribution in [2.75, 3.05) is 6.61 Å². The average Bonchev–Trinajstić information content (AvgIpc) is 2.96. The third kappa shape index (κ3) is 4.42. The van der Waals surface area contributed by atoms with Crippen LogP contribution in [0.2, 0.25) is 0 Å². The molecule has 0 saturated carbocycles. The van der Waals surface area contributed by atoms with Crippen LogP contribution in [0.25, 0.3) is 5.57 Å². The van der Waals surface area contributed by atoms with Gasteiger partial charge < -0.3 is 24.3 Å². The number of carbonyl (C=O) groups excluding carboxylic acids is 4. The molecular formula is C19H17BrNNaO7. The molecule has 3 rings (SSSR count). The fraction of sp³-hybridized carbons (Fsp3) is 0.368. The van der Waals surface area contributed by atoms with Gasteiger partial charge in [0.1, 0.15) is 12.4 Å². The van der Waals surface area contributed by atoms with Gasteiger partial charge in [-0.05, 0) is 49.6 Å². The monoisotopic (exact) mass is 473 g/mol. The van der Waals surface area contributed by atoms with Gasteiger partial charge in [-0.25, -0.2) is 4.79 Å². The van der Waals surface area contributed by atoms with E-state index in [2.05, 4.69) is 15.9 Å². The molecule has 29 heavy (non-hydrogen) atoms. The Hall–Kier alpha value is -1.68. The Morgan fingerprint density at radius 1 is 1.38 bits per heavy atom. The van der Waals surface area contributed by atoms with Crippen LogP contribution in [-0.2, 0) is 19.1 Å². The minimum absolute atomic E-state index is 0. The summed E-state index contributed by atoms with van der Waals surface area (Å²) in [5, 5.41) is 11.8. The van der Waals surface area contributed by atoms with E-state index >= 15 is 0 Å². The summed E-state index contributed by atoms with van der Waals surface area (Å²) in [6, 6.07) is 4.36. The summed E-state index contributed by atoms with van der Waals surface area (Å²) in [5.74, 6) is -2.62. The van der Waals surface area contributed by atoms with E-state index in [0.29, 0.717) is 27.5 Å². The minimum atomic E-state index is -1.48. The number of aliphatic carboxylic acids is 1. The Balaban J connectivity index is 0.00000300. The van der Waals surface area contributed by atoms with Gasteiger partial charge in [0, 0.05) is 10.0 Å². The zero-order valence-electron chi connectivity index (χ0n) is 16.1. The van der Waals surface area contributed by atoms with E-state index in [1.807, 2.05) is 0 Å². The molecule has 0 N–H and O–H groups in total. The van der Waals surface area contributed by atoms with Crippen LogP contribution in [0.3, 0.4) is 0 Å². The molecule has 1 amide bonds. The van der Waals surface area contributed by atoms with Crippen LogP contribution in [-0.4, -0.2) is 48.0 Å². The van der Waals surface area contributed by atoms with Gasteiger partial charge in [0.25, 0.3) is 0 Å². The number of rotatable bonds is 6. The summed E-state index contributed by atoms with van der Waals surface area (Å²) < 4.78 is 10.5. The maximum Gasteiger partial charge on any atom is 1.00 e. The Labute approximate surface area is 197 Å². The molecule has 10 heteroatoms. The van der Waals surface area contributed by atoms with Crippen molar-refractivity contribution in [1.82, 2.24) is 4.90 Å². The fourth-order valence-electron chi connectivity index (χ4n) is 3.73. The molecule has 2 heterocycles. The first-order chi connectivity index (χ1) is 13.3. The number of carboxylic acids is 1. The summed E-state index contributed by atoms with van der Waals surface area (Å²) >= 11 is 3.30. The standard InChI is InChI=1S/C19H18BrNO7.Na/c1-3-27-19(26)28-9(2)15-14-7-13(16(18(24)25)21(14)17(15)23)11-4-10(8-22)5-12(20)6-11;/h4-6,8-9,14-15H,3,7H2,1-2H3,(H,24,25);/q;+1/p-1/t9-,14-,15-;/m1./s1. The maximum absolute atomic E-state index is 12.6. The van der Waals surface area contributed by atoms with Crippen LogP contribution in [0.1, 0.15) is 36.2 Å². The molecule has 2 aliphatic heterocycles. The topological polar surface area (TPSA) is 113 Å². The van der Waals surface area contributed by atoms with E-state index in [0.717, 1.165) is 0 Å². The SMILES string of the molecule is CCOC(=O)O[C@H](C)[C@H]1C(=O)N2C(C(=O)[O-])=C(c3cc(Br)cc(C=O)c3)C[C@H]12.[Na+]. The number of hydrogen-bond acceptors (Lipinski definition) is 7. The summed E-state index contributed by atoms with van der Waals surface area (Å²) in [4.78, 5) is 48.2. The molecule has 0 aromatic heterocycles. The quantitative estimate of drug-likeness (QED) is 0.214. The van der Waals surface area contributed by atoms with E-state index in [4.69, 9.17) is 9.47 Å². The molecular weight excluding hydrogens is 457 g/mol. The Morgan fingerprint density at radius 2 is 2.07 bits per heavy atom. The van der Waals surface area contributed by atoms with E-state index in [1.54, 1.807) is 32.0 Å². The van der Waals surface area contributed by atoms with Crippen molar-refractivity contribution >= 4 is 45.8 Å². The molecule has 0 spiro atoms. The Kier molecular flexibility index (Phi) is 7.67. The maximum atomic E-state index is 12.6. The number of carboxylic acid groups (broad SMARTS) is 1. The van der Waals surface area contributed by atoms with Crippen molar-refractivity contribution in [3.63, 3.8) is 0 Å². The van der Waals surface area contributed by atoms with Gasteiger partial charge in [-0.2, -0.15) is 0 Å². The summed E-state index contributed by atoms with van der Waals surface area (Å²) in [5.41, 5.74) is 1.06. The number of nitrogens with zero attached hydrogens (tertiary/aromatic N) is 1. The number of amides is 1. The second-order valence-corrected chi connectivity index (χ2v) is 7.43. The summed E-state index contributed by atoms with van der Waals surface area (Å²) in [7, 11) is 0. The van der Waals surface area contributed by atoms with Crippen LogP contribution in [0.5, 0.6) is 0 Å². The van der Waals surface area contributed by atoms with Crippen molar-refractivity contribution < 1.29 is 63.3 Å². The molecule has 148 valence electrons. The number of benzene rings is 1. The molecule has 1 fully saturated rings. The zero-order valence-corrected chi connectivity index (χ0v) is 19.7. The molecule has 0 radical (unpaired) electrons. The van der Waals surface area contributed by atoms with E-state index in [9.17, 15) is 24.3 Å². The van der Waals surface area contributed by atoms with Crippen LogP contribution in [0.4, 0.5) is 4.79 Å². The first kappa shape index (κ1) is 23.6. The van der Waals surface area contributed by atoms with Crippen LogP contribution >= 0.6 is 15.9 Å². The largest absolute Gasteiger partial charge is 1.00 e. The molecule has 0 unspecified atom stereocenters. The Bertz CT molecular complexity index is 901. The predicted octanol–water partition coefficient (Wildman–Crippen LogP) is -1.48. The molecule has 0 bridgehead atoms. The molecule has 8 nitrogen and oxygen atoms in total. The van der Waals surface area contributed by atoms with Gasteiger partial charge in [-0.1, -0.05) is 15.9 Å². The molecule has 2 aliphatic rings. The van der Waals surface area contributed by atoms with Gasteiger partial charge in [0.2, 0.25) is 5.91 Å². The smallest absolute Gasteiger partial charge is 0.543 e. The van der Waals surface area contributed by atoms with Crippen LogP contribution in [0, 0.1) is 5.92 Å². The van der Waals surface area contributed by atoms with Crippen LogP contribution in [0.15, 0.2) is 28.4 Å². The Morgan fingerprint density at radius 3 is 2.66 bits per heavy atom. The number of carbonyl (C=O) groups is 4. The number of fused-ring (bicyclic) bond motifs is 1. The van der Waals surface area contributed by atoms with Gasteiger partial charge in [-0.15, -0.1) is 0 Å². The predicted molar refractivity (Wildman–Crippen MR) is 97.8 cm³/mol. The van der Waals surface area contributed by atoms with Gasteiger partial charge in [-0.3, -0.25) is 9.59 Å². The van der Waals surface area contributed by atoms with E-state index < -0.39 is 36.1 Å². The van der Waals surface area contributed by atoms with Crippen molar-refractivity contribution in [3.05, 3.63) is 39.5 Å². The number of aldehydes is 1. The van der Waals surface area contributed by atoms with E-state index in [-0.39, 0.29) is 48.3 Å². The first-order valence-corrected chi connectivity index (χ1v) is 9.44. The normalized spacial score (nSPS) is 20.9. The molecule has 1 saturated heterocycles.